The SMILES string of the molecule is CCNC(=NCc1ccccc1C)NCC1(O)CCCCC1. The third-order valence-corrected chi connectivity index (χ3v) is 4.38. The summed E-state index contributed by atoms with van der Waals surface area (Å²) < 4.78 is 0. The van der Waals surface area contributed by atoms with Gasteiger partial charge >= 0.3 is 0 Å². The van der Waals surface area contributed by atoms with Crippen molar-refractivity contribution >= 4 is 5.96 Å². The van der Waals surface area contributed by atoms with Crippen LogP contribution in [0.5, 0.6) is 0 Å². The van der Waals surface area contributed by atoms with Gasteiger partial charge in [0.15, 0.2) is 5.96 Å². The van der Waals surface area contributed by atoms with E-state index < -0.39 is 5.60 Å². The van der Waals surface area contributed by atoms with Crippen LogP contribution in [0.25, 0.3) is 0 Å². The van der Waals surface area contributed by atoms with Crippen molar-refractivity contribution in [3.63, 3.8) is 0 Å². The second kappa shape index (κ2) is 8.18. The summed E-state index contributed by atoms with van der Waals surface area (Å²) in [6.45, 7) is 6.21. The molecule has 0 spiro atoms. The number of nitrogens with one attached hydrogen (secondary N) is 2. The normalized spacial score (nSPS) is 18.0. The molecular weight excluding hydrogens is 274 g/mol. The van der Waals surface area contributed by atoms with Gasteiger partial charge in [0.2, 0.25) is 0 Å². The fourth-order valence-corrected chi connectivity index (χ4v) is 2.93. The Balaban J connectivity index is 1.94. The Morgan fingerprint density at radius 3 is 2.59 bits per heavy atom. The summed E-state index contributed by atoms with van der Waals surface area (Å²) in [5.74, 6) is 0.782. The summed E-state index contributed by atoms with van der Waals surface area (Å²) in [7, 11) is 0. The molecule has 22 heavy (non-hydrogen) atoms. The van der Waals surface area contributed by atoms with Crippen molar-refractivity contribution in [1.82, 2.24) is 10.6 Å². The average molecular weight is 303 g/mol. The van der Waals surface area contributed by atoms with E-state index in [2.05, 4.69) is 41.6 Å². The highest BCUT2D eigenvalue weighted by Gasteiger charge is 2.29. The van der Waals surface area contributed by atoms with Gasteiger partial charge in [-0.05, 0) is 37.8 Å². The van der Waals surface area contributed by atoms with Gasteiger partial charge in [0.1, 0.15) is 0 Å². The predicted octanol–water partition coefficient (Wildman–Crippen LogP) is 2.75. The van der Waals surface area contributed by atoms with Gasteiger partial charge in [-0.1, -0.05) is 43.5 Å². The van der Waals surface area contributed by atoms with Crippen LogP contribution in [0.2, 0.25) is 0 Å². The van der Waals surface area contributed by atoms with Crippen LogP contribution in [0.3, 0.4) is 0 Å². The van der Waals surface area contributed by atoms with Crippen LogP contribution in [0.4, 0.5) is 0 Å². The van der Waals surface area contributed by atoms with E-state index in [1.165, 1.54) is 17.5 Å². The van der Waals surface area contributed by atoms with Gasteiger partial charge in [-0.3, -0.25) is 0 Å². The predicted molar refractivity (Wildman–Crippen MR) is 92.0 cm³/mol. The number of hydrogen-bond acceptors (Lipinski definition) is 2. The summed E-state index contributed by atoms with van der Waals surface area (Å²) in [4.78, 5) is 4.64. The van der Waals surface area contributed by atoms with Crippen molar-refractivity contribution in [2.75, 3.05) is 13.1 Å². The number of aliphatic imine (C=N–C) groups is 1. The van der Waals surface area contributed by atoms with Crippen LogP contribution in [0.1, 0.15) is 50.2 Å². The fraction of sp³-hybridized carbons (Fsp3) is 0.611. The molecule has 0 aliphatic heterocycles. The lowest BCUT2D eigenvalue weighted by atomic mass is 9.85. The van der Waals surface area contributed by atoms with Gasteiger partial charge in [-0.25, -0.2) is 4.99 Å². The smallest absolute Gasteiger partial charge is 0.191 e. The zero-order valence-electron chi connectivity index (χ0n) is 13.9. The molecule has 4 heteroatoms. The maximum absolute atomic E-state index is 10.6. The largest absolute Gasteiger partial charge is 0.388 e. The van der Waals surface area contributed by atoms with Crippen molar-refractivity contribution in [2.45, 2.75) is 58.1 Å². The molecule has 0 aromatic heterocycles. The molecule has 1 saturated carbocycles. The van der Waals surface area contributed by atoms with E-state index in [-0.39, 0.29) is 0 Å². The standard InChI is InChI=1S/C18H29N3O/c1-3-19-17(20-13-16-10-6-5-9-15(16)2)21-14-18(22)11-7-4-8-12-18/h5-6,9-10,22H,3-4,7-8,11-14H2,1-2H3,(H2,19,20,21). The highest BCUT2D eigenvalue weighted by molar-refractivity contribution is 5.79. The minimum atomic E-state index is -0.572. The fourth-order valence-electron chi connectivity index (χ4n) is 2.93. The molecule has 1 aliphatic carbocycles. The molecule has 0 bridgehead atoms. The summed E-state index contributed by atoms with van der Waals surface area (Å²) in [6, 6.07) is 8.31. The molecule has 1 fully saturated rings. The molecule has 0 amide bonds. The summed E-state index contributed by atoms with van der Waals surface area (Å²) in [5, 5.41) is 17.1. The van der Waals surface area contributed by atoms with Gasteiger partial charge in [0, 0.05) is 13.1 Å². The van der Waals surface area contributed by atoms with E-state index in [0.717, 1.165) is 38.2 Å². The summed E-state index contributed by atoms with van der Waals surface area (Å²) in [5.41, 5.74) is 1.92. The number of hydrogen-bond donors (Lipinski definition) is 3. The first-order valence-corrected chi connectivity index (χ1v) is 8.42. The van der Waals surface area contributed by atoms with Crippen molar-refractivity contribution in [1.29, 1.82) is 0 Å². The number of guanidine groups is 1. The molecule has 4 nitrogen and oxygen atoms in total. The third-order valence-electron chi connectivity index (χ3n) is 4.38. The molecule has 1 aromatic rings. The van der Waals surface area contributed by atoms with Crippen LogP contribution >= 0.6 is 0 Å². The quantitative estimate of drug-likeness (QED) is 0.579. The zero-order valence-corrected chi connectivity index (χ0v) is 13.9. The maximum atomic E-state index is 10.6. The number of nitrogens with zero attached hydrogens (tertiary/aromatic N) is 1. The van der Waals surface area contributed by atoms with Crippen LogP contribution in [-0.4, -0.2) is 29.8 Å². The summed E-state index contributed by atoms with van der Waals surface area (Å²) in [6.07, 6.45) is 5.25. The van der Waals surface area contributed by atoms with Crippen LogP contribution in [-0.2, 0) is 6.54 Å². The van der Waals surface area contributed by atoms with Crippen LogP contribution in [0.15, 0.2) is 29.3 Å². The minimum Gasteiger partial charge on any atom is -0.388 e. The minimum absolute atomic E-state index is 0.572. The van der Waals surface area contributed by atoms with Gasteiger partial charge in [-0.2, -0.15) is 0 Å². The topological polar surface area (TPSA) is 56.7 Å². The van der Waals surface area contributed by atoms with Crippen molar-refractivity contribution < 1.29 is 5.11 Å². The first-order valence-electron chi connectivity index (χ1n) is 8.42. The molecule has 122 valence electrons. The lowest BCUT2D eigenvalue weighted by Crippen LogP contribution is -2.48. The molecule has 1 aromatic carbocycles. The number of benzene rings is 1. The van der Waals surface area contributed by atoms with E-state index in [1.807, 2.05) is 12.1 Å². The molecular formula is C18H29N3O. The Labute approximate surface area is 134 Å². The Hall–Kier alpha value is -1.55. The molecule has 0 radical (unpaired) electrons. The molecule has 0 unspecified atom stereocenters. The number of aryl methyl sites for hydroxylation is 1. The molecule has 3 N–H and O–H groups in total. The van der Waals surface area contributed by atoms with Crippen molar-refractivity contribution in [3.8, 4) is 0 Å². The Kier molecular flexibility index (Phi) is 6.25. The number of rotatable bonds is 5. The maximum Gasteiger partial charge on any atom is 0.191 e. The monoisotopic (exact) mass is 303 g/mol. The average Bonchev–Trinajstić information content (AvgIpc) is 2.52. The van der Waals surface area contributed by atoms with E-state index in [0.29, 0.717) is 13.1 Å². The Morgan fingerprint density at radius 2 is 1.91 bits per heavy atom. The third kappa shape index (κ3) is 5.02. The molecule has 1 aliphatic rings. The molecule has 2 rings (SSSR count). The molecule has 0 atom stereocenters. The first-order chi connectivity index (χ1) is 10.6. The van der Waals surface area contributed by atoms with Gasteiger partial charge in [-0.15, -0.1) is 0 Å². The van der Waals surface area contributed by atoms with Crippen LogP contribution < -0.4 is 10.6 Å². The highest BCUT2D eigenvalue weighted by atomic mass is 16.3. The summed E-state index contributed by atoms with van der Waals surface area (Å²) >= 11 is 0. The lowest BCUT2D eigenvalue weighted by Gasteiger charge is -2.32. The van der Waals surface area contributed by atoms with Gasteiger partial charge in [0.25, 0.3) is 0 Å². The van der Waals surface area contributed by atoms with E-state index in [4.69, 9.17) is 0 Å². The zero-order chi connectivity index (χ0) is 15.8. The van der Waals surface area contributed by atoms with Gasteiger partial charge in [0.05, 0.1) is 12.1 Å². The van der Waals surface area contributed by atoms with Crippen molar-refractivity contribution in [2.24, 2.45) is 4.99 Å². The highest BCUT2D eigenvalue weighted by Crippen LogP contribution is 2.27. The molecule has 0 saturated heterocycles. The van der Waals surface area contributed by atoms with E-state index in [9.17, 15) is 5.11 Å². The van der Waals surface area contributed by atoms with E-state index in [1.54, 1.807) is 0 Å². The van der Waals surface area contributed by atoms with Crippen molar-refractivity contribution in [3.05, 3.63) is 35.4 Å². The second-order valence-corrected chi connectivity index (χ2v) is 6.26. The first kappa shape index (κ1) is 16.8. The molecule has 0 heterocycles. The van der Waals surface area contributed by atoms with Gasteiger partial charge < -0.3 is 15.7 Å². The van der Waals surface area contributed by atoms with Crippen LogP contribution in [0, 0.1) is 6.92 Å². The Morgan fingerprint density at radius 1 is 1.18 bits per heavy atom. The second-order valence-electron chi connectivity index (χ2n) is 6.26. The van der Waals surface area contributed by atoms with E-state index >= 15 is 0 Å². The Bertz CT molecular complexity index is 493. The lowest BCUT2D eigenvalue weighted by molar-refractivity contribution is 0.00859. The number of aliphatic hydroxyl groups is 1.